The molecule has 160 valence electrons. The molecule has 0 spiro atoms. The van der Waals surface area contributed by atoms with Crippen LogP contribution in [-0.4, -0.2) is 37.9 Å². The number of halogens is 1. The first-order valence-corrected chi connectivity index (χ1v) is 8.81. The third-order valence-electron chi connectivity index (χ3n) is 4.37. The number of anilines is 3. The molecule has 0 aliphatic carbocycles. The van der Waals surface area contributed by atoms with Crippen LogP contribution in [-0.2, 0) is 11.3 Å². The highest BCUT2D eigenvalue weighted by Gasteiger charge is 2.20. The van der Waals surface area contributed by atoms with E-state index in [0.717, 1.165) is 0 Å². The van der Waals surface area contributed by atoms with Crippen molar-refractivity contribution in [1.29, 1.82) is 0 Å². The van der Waals surface area contributed by atoms with Crippen molar-refractivity contribution in [2.45, 2.75) is 14.0 Å². The van der Waals surface area contributed by atoms with Crippen LogP contribution in [0.25, 0.3) is 22.6 Å². The van der Waals surface area contributed by atoms with E-state index in [1.54, 1.807) is 41.2 Å². The van der Waals surface area contributed by atoms with Crippen LogP contribution in [0.2, 0.25) is 0 Å². The van der Waals surface area contributed by atoms with Gasteiger partial charge in [-0.15, -0.1) is 0 Å². The number of rotatable bonds is 4. The Hall–Kier alpha value is -4.28. The molecule has 0 atom stereocenters. The first-order valence-electron chi connectivity index (χ1n) is 8.81. The molecule has 11 heteroatoms. The summed E-state index contributed by atoms with van der Waals surface area (Å²) in [5.41, 5.74) is 13.3. The van der Waals surface area contributed by atoms with Crippen LogP contribution in [0.1, 0.15) is 13.0 Å². The first kappa shape index (κ1) is 21.4. The van der Waals surface area contributed by atoms with E-state index in [-0.39, 0.29) is 42.9 Å². The number of pyridine rings is 1. The first-order chi connectivity index (χ1) is 14.5. The van der Waals surface area contributed by atoms with Crippen LogP contribution in [0.4, 0.5) is 26.5 Å². The Bertz CT molecular complexity index is 1230. The van der Waals surface area contributed by atoms with Gasteiger partial charge in [0.2, 0.25) is 0 Å². The Kier molecular flexibility index (Phi) is 5.95. The van der Waals surface area contributed by atoms with Crippen molar-refractivity contribution in [3.63, 3.8) is 0 Å². The monoisotopic (exact) mass is 424 g/mol. The van der Waals surface area contributed by atoms with Gasteiger partial charge in [0.25, 0.3) is 0 Å². The van der Waals surface area contributed by atoms with E-state index in [1.165, 1.54) is 13.2 Å². The van der Waals surface area contributed by atoms with E-state index < -0.39 is 6.09 Å². The molecule has 10 nitrogen and oxygen atoms in total. The molecular weight excluding hydrogens is 403 g/mol. The number of benzene rings is 1. The van der Waals surface area contributed by atoms with Crippen molar-refractivity contribution in [3.8, 4) is 11.5 Å². The van der Waals surface area contributed by atoms with Gasteiger partial charge in [-0.1, -0.05) is 25.6 Å². The van der Waals surface area contributed by atoms with Gasteiger partial charge < -0.3 is 16.2 Å². The highest BCUT2D eigenvalue weighted by molar-refractivity contribution is 5.94. The highest BCUT2D eigenvalue weighted by atomic mass is 19.1. The molecule has 0 fully saturated rings. The molecule has 5 N–H and O–H groups in total. The van der Waals surface area contributed by atoms with E-state index >= 15 is 0 Å². The molecule has 0 saturated carbocycles. The van der Waals surface area contributed by atoms with E-state index in [2.05, 4.69) is 30.1 Å². The van der Waals surface area contributed by atoms with Crippen molar-refractivity contribution in [2.75, 3.05) is 23.9 Å². The minimum absolute atomic E-state index is 0. The minimum Gasteiger partial charge on any atom is -0.453 e. The number of hydrogen-bond acceptors (Lipinski definition) is 8. The number of carbonyl (C=O) groups is 1. The Morgan fingerprint density at radius 3 is 2.55 bits per heavy atom. The maximum Gasteiger partial charge on any atom is 0.411 e. The predicted molar refractivity (Wildman–Crippen MR) is 116 cm³/mol. The fraction of sp³-hybridized carbons (Fsp3) is 0.150. The van der Waals surface area contributed by atoms with Crippen LogP contribution < -0.4 is 16.8 Å². The SMILES string of the molecule is C.COC(=O)Nc1c(N)nc(-c2nn(Cc3ccccc3F)c3ncccc23)nc1N. The highest BCUT2D eigenvalue weighted by Crippen LogP contribution is 2.30. The number of aromatic nitrogens is 5. The number of nitrogens with one attached hydrogen (secondary N) is 1. The molecular formula is C20H21FN8O2. The lowest BCUT2D eigenvalue weighted by molar-refractivity contribution is 0.187. The molecule has 0 aliphatic rings. The van der Waals surface area contributed by atoms with Crippen molar-refractivity contribution >= 4 is 34.4 Å². The molecule has 1 aromatic carbocycles. The van der Waals surface area contributed by atoms with E-state index in [0.29, 0.717) is 22.3 Å². The lowest BCUT2D eigenvalue weighted by Gasteiger charge is -2.10. The average molecular weight is 424 g/mol. The number of nitrogens with zero attached hydrogens (tertiary/aromatic N) is 5. The van der Waals surface area contributed by atoms with Crippen molar-refractivity contribution in [3.05, 3.63) is 54.0 Å². The largest absolute Gasteiger partial charge is 0.453 e. The molecule has 31 heavy (non-hydrogen) atoms. The summed E-state index contributed by atoms with van der Waals surface area (Å²) in [6.07, 6.45) is 0.854. The number of nitrogen functional groups attached to an aromatic ring is 2. The summed E-state index contributed by atoms with van der Waals surface area (Å²) in [5.74, 6) is -0.306. The molecule has 1 amide bonds. The summed E-state index contributed by atoms with van der Waals surface area (Å²) in [4.78, 5) is 24.3. The normalized spacial score (nSPS) is 10.5. The van der Waals surface area contributed by atoms with Crippen LogP contribution in [0, 0.1) is 5.82 Å². The summed E-state index contributed by atoms with van der Waals surface area (Å²) >= 11 is 0. The van der Waals surface area contributed by atoms with Crippen molar-refractivity contribution in [1.82, 2.24) is 24.7 Å². The predicted octanol–water partition coefficient (Wildman–Crippen LogP) is 3.05. The van der Waals surface area contributed by atoms with Crippen LogP contribution >= 0.6 is 0 Å². The second kappa shape index (κ2) is 8.61. The van der Waals surface area contributed by atoms with E-state index in [1.807, 2.05) is 0 Å². The summed E-state index contributed by atoms with van der Waals surface area (Å²) in [6, 6.07) is 9.95. The zero-order valence-corrected chi connectivity index (χ0v) is 15.8. The Morgan fingerprint density at radius 2 is 1.87 bits per heavy atom. The Labute approximate surface area is 177 Å². The average Bonchev–Trinajstić information content (AvgIpc) is 3.10. The smallest absolute Gasteiger partial charge is 0.411 e. The second-order valence-electron chi connectivity index (χ2n) is 6.28. The van der Waals surface area contributed by atoms with Crippen LogP contribution in [0.5, 0.6) is 0 Å². The van der Waals surface area contributed by atoms with Crippen molar-refractivity contribution in [2.24, 2.45) is 0 Å². The quantitative estimate of drug-likeness (QED) is 0.453. The van der Waals surface area contributed by atoms with Gasteiger partial charge in [0, 0.05) is 11.8 Å². The maximum absolute atomic E-state index is 14.1. The fourth-order valence-electron chi connectivity index (χ4n) is 2.96. The third-order valence-corrected chi connectivity index (χ3v) is 4.37. The third kappa shape index (κ3) is 4.06. The maximum atomic E-state index is 14.1. The lowest BCUT2D eigenvalue weighted by Crippen LogP contribution is -2.16. The standard InChI is InChI=1S/C19H17FN8O2.CH4/c1-30-19(29)24-14-15(21)25-17(26-16(14)22)13-11-6-4-8-23-18(11)28(27-13)9-10-5-2-3-7-12(10)20;/h2-8H,9H2,1H3,(H,24,29)(H4,21,22,25,26);1H4. The fourth-order valence-corrected chi connectivity index (χ4v) is 2.96. The van der Waals surface area contributed by atoms with Gasteiger partial charge in [-0.05, 0) is 18.2 Å². The zero-order chi connectivity index (χ0) is 21.3. The van der Waals surface area contributed by atoms with Gasteiger partial charge in [0.1, 0.15) is 17.2 Å². The number of carbonyl (C=O) groups excluding carboxylic acids is 1. The molecule has 0 unspecified atom stereocenters. The van der Waals surface area contributed by atoms with Gasteiger partial charge in [-0.2, -0.15) is 5.10 Å². The number of hydrogen-bond donors (Lipinski definition) is 3. The molecule has 0 saturated heterocycles. The minimum atomic E-state index is -0.756. The number of nitrogens with two attached hydrogens (primary N) is 2. The molecule has 4 rings (SSSR count). The molecule has 3 heterocycles. The molecule has 0 aliphatic heterocycles. The number of fused-ring (bicyclic) bond motifs is 1. The summed E-state index contributed by atoms with van der Waals surface area (Å²) in [7, 11) is 1.21. The Balaban J connectivity index is 0.00000272. The summed E-state index contributed by atoms with van der Waals surface area (Å²) < 4.78 is 20.2. The second-order valence-corrected chi connectivity index (χ2v) is 6.28. The van der Waals surface area contributed by atoms with E-state index in [4.69, 9.17) is 11.5 Å². The van der Waals surface area contributed by atoms with Crippen molar-refractivity contribution < 1.29 is 13.9 Å². The summed E-state index contributed by atoms with van der Waals surface area (Å²) in [6.45, 7) is 0.160. The van der Waals surface area contributed by atoms with E-state index in [9.17, 15) is 9.18 Å². The lowest BCUT2D eigenvalue weighted by atomic mass is 10.2. The van der Waals surface area contributed by atoms with Gasteiger partial charge >= 0.3 is 6.09 Å². The molecule has 4 aromatic rings. The van der Waals surface area contributed by atoms with Gasteiger partial charge in [-0.25, -0.2) is 28.8 Å². The van der Waals surface area contributed by atoms with Crippen LogP contribution in [0.3, 0.4) is 0 Å². The number of methoxy groups -OCH3 is 1. The molecule has 0 radical (unpaired) electrons. The zero-order valence-electron chi connectivity index (χ0n) is 15.8. The number of amides is 1. The Morgan fingerprint density at radius 1 is 1.16 bits per heavy atom. The molecule has 3 aromatic heterocycles. The van der Waals surface area contributed by atoms with Crippen LogP contribution in [0.15, 0.2) is 42.6 Å². The number of ether oxygens (including phenoxy) is 1. The van der Waals surface area contributed by atoms with Gasteiger partial charge in [0.05, 0.1) is 19.0 Å². The molecule has 0 bridgehead atoms. The topological polar surface area (TPSA) is 147 Å². The van der Waals surface area contributed by atoms with Gasteiger partial charge in [0.15, 0.2) is 23.1 Å². The van der Waals surface area contributed by atoms with Gasteiger partial charge in [-0.3, -0.25) is 5.32 Å². The summed E-state index contributed by atoms with van der Waals surface area (Å²) in [5, 5.41) is 7.54.